The molecule has 0 aromatic heterocycles. The van der Waals surface area contributed by atoms with Crippen LogP contribution in [0.2, 0.25) is 0 Å². The lowest BCUT2D eigenvalue weighted by molar-refractivity contribution is 0.476. The Hall–Kier alpha value is -0.490. The van der Waals surface area contributed by atoms with Crippen molar-refractivity contribution >= 4 is 11.6 Å². The first-order valence-corrected chi connectivity index (χ1v) is 6.39. The van der Waals surface area contributed by atoms with Crippen LogP contribution in [0.15, 0.2) is 18.2 Å². The Morgan fingerprint density at radius 1 is 1.20 bits per heavy atom. The van der Waals surface area contributed by atoms with Gasteiger partial charge >= 0.3 is 0 Å². The molecule has 1 heteroatoms. The fourth-order valence-corrected chi connectivity index (χ4v) is 3.15. The summed E-state index contributed by atoms with van der Waals surface area (Å²) < 4.78 is 0. The molecule has 0 saturated heterocycles. The second-order valence-electron chi connectivity index (χ2n) is 4.59. The van der Waals surface area contributed by atoms with Crippen LogP contribution in [0.5, 0.6) is 0 Å². The fourth-order valence-electron chi connectivity index (χ4n) is 2.78. The van der Waals surface area contributed by atoms with E-state index in [0.29, 0.717) is 11.8 Å². The Morgan fingerprint density at radius 2 is 1.93 bits per heavy atom. The molecule has 0 bridgehead atoms. The van der Waals surface area contributed by atoms with Gasteiger partial charge in [0.1, 0.15) is 0 Å². The van der Waals surface area contributed by atoms with Gasteiger partial charge in [-0.1, -0.05) is 39.0 Å². The molecule has 2 rings (SSSR count). The smallest absolute Gasteiger partial charge is 0.0619 e. The third kappa shape index (κ3) is 1.69. The minimum atomic E-state index is 0.219. The van der Waals surface area contributed by atoms with E-state index in [4.69, 9.17) is 11.6 Å². The summed E-state index contributed by atoms with van der Waals surface area (Å²) in [4.78, 5) is 0. The summed E-state index contributed by atoms with van der Waals surface area (Å²) in [7, 11) is 0. The van der Waals surface area contributed by atoms with E-state index in [1.54, 1.807) is 0 Å². The van der Waals surface area contributed by atoms with Crippen LogP contribution in [-0.4, -0.2) is 0 Å². The predicted molar refractivity (Wildman–Crippen MR) is 66.6 cm³/mol. The maximum atomic E-state index is 6.50. The van der Waals surface area contributed by atoms with Crippen LogP contribution in [0.4, 0.5) is 0 Å². The van der Waals surface area contributed by atoms with Gasteiger partial charge in [-0.2, -0.15) is 0 Å². The van der Waals surface area contributed by atoms with E-state index in [9.17, 15) is 0 Å². The van der Waals surface area contributed by atoms with Crippen molar-refractivity contribution in [3.05, 3.63) is 34.9 Å². The average molecular weight is 223 g/mol. The first-order chi connectivity index (χ1) is 7.19. The molecule has 0 amide bonds. The predicted octanol–water partition coefficient (Wildman–Crippen LogP) is 4.67. The highest BCUT2D eigenvalue weighted by Gasteiger charge is 2.35. The van der Waals surface area contributed by atoms with Crippen LogP contribution in [0.1, 0.15) is 55.2 Å². The van der Waals surface area contributed by atoms with Crippen LogP contribution >= 0.6 is 11.6 Å². The minimum absolute atomic E-state index is 0.219. The maximum absolute atomic E-state index is 6.50. The van der Waals surface area contributed by atoms with E-state index in [0.717, 1.165) is 6.42 Å². The second kappa shape index (κ2) is 4.17. The average Bonchev–Trinajstić information content (AvgIpc) is 2.51. The van der Waals surface area contributed by atoms with E-state index >= 15 is 0 Å². The molecule has 82 valence electrons. The number of halogens is 1. The quantitative estimate of drug-likeness (QED) is 0.638. The number of fused-ring (bicyclic) bond motifs is 1. The van der Waals surface area contributed by atoms with Crippen LogP contribution in [0.25, 0.3) is 0 Å². The molecule has 1 aromatic carbocycles. The van der Waals surface area contributed by atoms with Crippen molar-refractivity contribution in [2.24, 2.45) is 5.92 Å². The fraction of sp³-hybridized carbons (Fsp3) is 0.571. The van der Waals surface area contributed by atoms with Gasteiger partial charge in [-0.05, 0) is 41.4 Å². The summed E-state index contributed by atoms with van der Waals surface area (Å²) in [5, 5.41) is 0.219. The number of hydrogen-bond donors (Lipinski definition) is 0. The minimum Gasteiger partial charge on any atom is -0.117 e. The molecule has 0 spiro atoms. The van der Waals surface area contributed by atoms with Crippen LogP contribution in [-0.2, 0) is 6.42 Å². The molecule has 0 fully saturated rings. The molecule has 3 atom stereocenters. The Kier molecular flexibility index (Phi) is 3.06. The third-order valence-electron chi connectivity index (χ3n) is 3.79. The zero-order valence-corrected chi connectivity index (χ0v) is 10.5. The van der Waals surface area contributed by atoms with Gasteiger partial charge < -0.3 is 0 Å². The number of aryl methyl sites for hydroxylation is 1. The maximum Gasteiger partial charge on any atom is 0.0619 e. The van der Waals surface area contributed by atoms with Gasteiger partial charge in [0.15, 0.2) is 0 Å². The molecule has 0 N–H and O–H groups in total. The lowest BCUT2D eigenvalue weighted by Crippen LogP contribution is -2.03. The summed E-state index contributed by atoms with van der Waals surface area (Å²) in [6.07, 6.45) is 2.30. The van der Waals surface area contributed by atoms with E-state index in [-0.39, 0.29) is 5.38 Å². The molecular formula is C14H19Cl. The molecule has 0 nitrogen and oxygen atoms in total. The summed E-state index contributed by atoms with van der Waals surface area (Å²) >= 11 is 6.50. The Balaban J connectivity index is 2.45. The molecule has 1 aliphatic carbocycles. The van der Waals surface area contributed by atoms with Gasteiger partial charge in [-0.15, -0.1) is 11.6 Å². The van der Waals surface area contributed by atoms with E-state index in [2.05, 4.69) is 39.0 Å². The number of benzene rings is 1. The highest BCUT2D eigenvalue weighted by molar-refractivity contribution is 6.21. The molecule has 3 unspecified atom stereocenters. The molecule has 1 aromatic rings. The first-order valence-electron chi connectivity index (χ1n) is 5.95. The zero-order chi connectivity index (χ0) is 11.0. The van der Waals surface area contributed by atoms with Gasteiger partial charge in [-0.25, -0.2) is 0 Å². The van der Waals surface area contributed by atoms with Crippen molar-refractivity contribution in [1.29, 1.82) is 0 Å². The standard InChI is InChI=1S/C14H19Cl/c1-4-10-6-7-12-11(5-2)9(3)14(15)13(12)8-10/h6-9,11,14H,4-5H2,1-3H3. The Labute approximate surface area is 97.6 Å². The van der Waals surface area contributed by atoms with Crippen LogP contribution in [0, 0.1) is 5.92 Å². The summed E-state index contributed by atoms with van der Waals surface area (Å²) in [6.45, 7) is 6.73. The molecular weight excluding hydrogens is 204 g/mol. The topological polar surface area (TPSA) is 0 Å². The lowest BCUT2D eigenvalue weighted by atomic mass is 9.91. The highest BCUT2D eigenvalue weighted by Crippen LogP contribution is 2.49. The van der Waals surface area contributed by atoms with Gasteiger partial charge in [0.25, 0.3) is 0 Å². The number of rotatable bonds is 2. The van der Waals surface area contributed by atoms with Crippen molar-refractivity contribution < 1.29 is 0 Å². The molecule has 0 radical (unpaired) electrons. The van der Waals surface area contributed by atoms with Gasteiger partial charge in [0, 0.05) is 0 Å². The molecule has 0 aliphatic heterocycles. The third-order valence-corrected chi connectivity index (χ3v) is 4.42. The molecule has 0 heterocycles. The van der Waals surface area contributed by atoms with Crippen LogP contribution < -0.4 is 0 Å². The largest absolute Gasteiger partial charge is 0.117 e. The number of hydrogen-bond acceptors (Lipinski definition) is 0. The van der Waals surface area contributed by atoms with Crippen molar-refractivity contribution in [3.8, 4) is 0 Å². The van der Waals surface area contributed by atoms with Gasteiger partial charge in [0.2, 0.25) is 0 Å². The van der Waals surface area contributed by atoms with Crippen LogP contribution in [0.3, 0.4) is 0 Å². The summed E-state index contributed by atoms with van der Waals surface area (Å²) in [5.74, 6) is 1.24. The van der Waals surface area contributed by atoms with E-state index in [1.165, 1.54) is 23.1 Å². The summed E-state index contributed by atoms with van der Waals surface area (Å²) in [5.41, 5.74) is 4.28. The van der Waals surface area contributed by atoms with Crippen molar-refractivity contribution in [2.75, 3.05) is 0 Å². The van der Waals surface area contributed by atoms with Gasteiger partial charge in [0.05, 0.1) is 5.38 Å². The Morgan fingerprint density at radius 3 is 2.53 bits per heavy atom. The van der Waals surface area contributed by atoms with E-state index < -0.39 is 0 Å². The zero-order valence-electron chi connectivity index (χ0n) is 9.76. The Bertz CT molecular complexity index is 356. The van der Waals surface area contributed by atoms with Gasteiger partial charge in [-0.3, -0.25) is 0 Å². The SMILES string of the molecule is CCc1ccc2c(c1)C(Cl)C(C)C2CC. The number of alkyl halides is 1. The molecule has 0 saturated carbocycles. The summed E-state index contributed by atoms with van der Waals surface area (Å²) in [6, 6.07) is 6.85. The normalized spacial score (nSPS) is 29.2. The van der Waals surface area contributed by atoms with Crippen molar-refractivity contribution in [1.82, 2.24) is 0 Å². The molecule has 15 heavy (non-hydrogen) atoms. The lowest BCUT2D eigenvalue weighted by Gasteiger charge is -2.15. The second-order valence-corrected chi connectivity index (χ2v) is 5.06. The first kappa shape index (κ1) is 11.0. The molecule has 1 aliphatic rings. The monoisotopic (exact) mass is 222 g/mol. The highest BCUT2D eigenvalue weighted by atomic mass is 35.5. The van der Waals surface area contributed by atoms with Crippen molar-refractivity contribution in [3.63, 3.8) is 0 Å². The van der Waals surface area contributed by atoms with E-state index in [1.807, 2.05) is 0 Å². The van der Waals surface area contributed by atoms with Crippen molar-refractivity contribution in [2.45, 2.75) is 44.9 Å².